The van der Waals surface area contributed by atoms with Gasteiger partial charge in [0, 0.05) is 12.4 Å². The van der Waals surface area contributed by atoms with E-state index in [1.807, 2.05) is 26.0 Å². The van der Waals surface area contributed by atoms with Gasteiger partial charge in [0.15, 0.2) is 0 Å². The zero-order valence-corrected chi connectivity index (χ0v) is 11.4. The molecule has 0 aliphatic heterocycles. The van der Waals surface area contributed by atoms with Gasteiger partial charge in [-0.25, -0.2) is 4.98 Å². The van der Waals surface area contributed by atoms with Gasteiger partial charge < -0.3 is 10.3 Å². The lowest BCUT2D eigenvalue weighted by atomic mass is 10.1. The van der Waals surface area contributed by atoms with Crippen LogP contribution in [0, 0.1) is 6.92 Å². The molecule has 0 fully saturated rings. The summed E-state index contributed by atoms with van der Waals surface area (Å²) in [5.74, 6) is -0.337. The molecule has 0 spiro atoms. The van der Waals surface area contributed by atoms with E-state index in [9.17, 15) is 9.59 Å². The fraction of sp³-hybridized carbons (Fsp3) is 0.286. The van der Waals surface area contributed by atoms with Crippen LogP contribution in [0.2, 0.25) is 0 Å². The zero-order valence-electron chi connectivity index (χ0n) is 11.4. The van der Waals surface area contributed by atoms with Crippen LogP contribution in [0.5, 0.6) is 0 Å². The lowest BCUT2D eigenvalue weighted by Gasteiger charge is -2.16. The third kappa shape index (κ3) is 3.28. The predicted molar refractivity (Wildman–Crippen MR) is 74.3 cm³/mol. The van der Waals surface area contributed by atoms with Crippen molar-refractivity contribution in [3.63, 3.8) is 0 Å². The maximum absolute atomic E-state index is 12.1. The normalized spacial score (nSPS) is 11.9. The molecule has 1 amide bonds. The third-order valence-corrected chi connectivity index (χ3v) is 2.91. The number of nitrogens with zero attached hydrogens (tertiary/aromatic N) is 2. The van der Waals surface area contributed by atoms with Crippen molar-refractivity contribution >= 4 is 5.91 Å². The molecule has 1 atom stereocenters. The van der Waals surface area contributed by atoms with Gasteiger partial charge in [0.05, 0.1) is 17.9 Å². The summed E-state index contributed by atoms with van der Waals surface area (Å²) in [6, 6.07) is 3.66. The smallest absolute Gasteiger partial charge is 0.271 e. The van der Waals surface area contributed by atoms with Crippen LogP contribution in [0.15, 0.2) is 35.5 Å². The summed E-state index contributed by atoms with van der Waals surface area (Å²) in [7, 11) is 0. The first-order valence-corrected chi connectivity index (χ1v) is 6.38. The van der Waals surface area contributed by atoms with Gasteiger partial charge in [-0.3, -0.25) is 14.6 Å². The van der Waals surface area contributed by atoms with Crippen LogP contribution in [-0.4, -0.2) is 20.9 Å². The molecule has 20 heavy (non-hydrogen) atoms. The summed E-state index contributed by atoms with van der Waals surface area (Å²) in [5.41, 5.74) is 1.74. The van der Waals surface area contributed by atoms with E-state index in [1.165, 1.54) is 6.20 Å². The van der Waals surface area contributed by atoms with Crippen LogP contribution in [0.4, 0.5) is 0 Å². The zero-order chi connectivity index (χ0) is 14.5. The van der Waals surface area contributed by atoms with E-state index in [0.717, 1.165) is 17.5 Å². The lowest BCUT2D eigenvalue weighted by Crippen LogP contribution is -2.30. The number of aromatic amines is 1. The highest BCUT2D eigenvalue weighted by Crippen LogP contribution is 2.15. The van der Waals surface area contributed by atoms with Crippen molar-refractivity contribution in [2.24, 2.45) is 0 Å². The Balaban J connectivity index is 2.16. The van der Waals surface area contributed by atoms with E-state index in [-0.39, 0.29) is 23.2 Å². The molecule has 2 N–H and O–H groups in total. The van der Waals surface area contributed by atoms with Crippen LogP contribution < -0.4 is 10.9 Å². The van der Waals surface area contributed by atoms with Crippen LogP contribution in [-0.2, 0) is 0 Å². The fourth-order valence-corrected chi connectivity index (χ4v) is 1.83. The molecule has 1 unspecified atom stereocenters. The quantitative estimate of drug-likeness (QED) is 0.879. The van der Waals surface area contributed by atoms with Crippen LogP contribution in [0.25, 0.3) is 0 Å². The molecule has 2 aromatic heterocycles. The Labute approximate surface area is 116 Å². The first-order chi connectivity index (χ1) is 9.60. The number of nitrogens with one attached hydrogen (secondary N) is 2. The van der Waals surface area contributed by atoms with Crippen molar-refractivity contribution in [3.05, 3.63) is 58.0 Å². The number of amides is 1. The van der Waals surface area contributed by atoms with Crippen LogP contribution in [0.3, 0.4) is 0 Å². The lowest BCUT2D eigenvalue weighted by molar-refractivity contribution is 0.0929. The Morgan fingerprint density at radius 1 is 1.45 bits per heavy atom. The second-order valence-electron chi connectivity index (χ2n) is 4.49. The number of rotatable bonds is 4. The molecule has 6 heteroatoms. The van der Waals surface area contributed by atoms with Crippen molar-refractivity contribution in [3.8, 4) is 0 Å². The number of aromatic nitrogens is 3. The molecule has 0 aliphatic carbocycles. The van der Waals surface area contributed by atoms with E-state index >= 15 is 0 Å². The Kier molecular flexibility index (Phi) is 4.24. The molecular weight excluding hydrogens is 256 g/mol. The predicted octanol–water partition coefficient (Wildman–Crippen LogP) is 1.35. The van der Waals surface area contributed by atoms with Gasteiger partial charge in [0.2, 0.25) is 0 Å². The second kappa shape index (κ2) is 6.10. The van der Waals surface area contributed by atoms with E-state index < -0.39 is 0 Å². The minimum atomic E-state index is -0.339. The highest BCUT2D eigenvalue weighted by molar-refractivity contribution is 5.92. The number of hydrogen-bond acceptors (Lipinski definition) is 4. The summed E-state index contributed by atoms with van der Waals surface area (Å²) in [6.07, 6.45) is 4.82. The van der Waals surface area contributed by atoms with Crippen molar-refractivity contribution in [1.29, 1.82) is 0 Å². The largest absolute Gasteiger partial charge is 0.342 e. The SMILES string of the molecule is CCC(NC(=O)c1c[nH]c(=O)cn1)c1cc(C)ccn1. The summed E-state index contributed by atoms with van der Waals surface area (Å²) in [6.45, 7) is 3.94. The summed E-state index contributed by atoms with van der Waals surface area (Å²) in [4.78, 5) is 33.5. The molecule has 0 aliphatic rings. The number of carbonyl (C=O) groups excluding carboxylic acids is 1. The molecular formula is C14H16N4O2. The average Bonchev–Trinajstić information content (AvgIpc) is 2.45. The van der Waals surface area contributed by atoms with Gasteiger partial charge in [-0.1, -0.05) is 6.92 Å². The number of carbonyl (C=O) groups is 1. The molecule has 104 valence electrons. The minimum Gasteiger partial charge on any atom is -0.342 e. The van der Waals surface area contributed by atoms with E-state index in [4.69, 9.17) is 0 Å². The summed E-state index contributed by atoms with van der Waals surface area (Å²) < 4.78 is 0. The number of H-pyrrole nitrogens is 1. The van der Waals surface area contributed by atoms with Crippen molar-refractivity contribution in [1.82, 2.24) is 20.3 Å². The van der Waals surface area contributed by atoms with Gasteiger partial charge in [0.1, 0.15) is 5.69 Å². The Bertz CT molecular complexity index is 646. The molecule has 6 nitrogen and oxygen atoms in total. The molecule has 2 rings (SSSR count). The second-order valence-corrected chi connectivity index (χ2v) is 4.49. The number of pyridine rings is 1. The van der Waals surface area contributed by atoms with Crippen molar-refractivity contribution < 1.29 is 4.79 Å². The fourth-order valence-electron chi connectivity index (χ4n) is 1.83. The third-order valence-electron chi connectivity index (χ3n) is 2.91. The van der Waals surface area contributed by atoms with Gasteiger partial charge in [-0.15, -0.1) is 0 Å². The molecule has 2 aromatic rings. The summed E-state index contributed by atoms with van der Waals surface area (Å²) >= 11 is 0. The first kappa shape index (κ1) is 13.9. The topological polar surface area (TPSA) is 87.7 Å². The van der Waals surface area contributed by atoms with Crippen LogP contribution >= 0.6 is 0 Å². The standard InChI is InChI=1S/C14H16N4O2/c1-3-10(11-6-9(2)4-5-15-11)18-14(20)12-7-17-13(19)8-16-12/h4-8,10H,3H2,1-2H3,(H,17,19)(H,18,20). The molecule has 0 radical (unpaired) electrons. The van der Waals surface area contributed by atoms with Crippen molar-refractivity contribution in [2.75, 3.05) is 0 Å². The average molecular weight is 272 g/mol. The number of hydrogen-bond donors (Lipinski definition) is 2. The van der Waals surface area contributed by atoms with E-state index in [0.29, 0.717) is 6.42 Å². The monoisotopic (exact) mass is 272 g/mol. The van der Waals surface area contributed by atoms with Crippen molar-refractivity contribution in [2.45, 2.75) is 26.3 Å². The van der Waals surface area contributed by atoms with Gasteiger partial charge in [-0.05, 0) is 31.0 Å². The molecule has 0 saturated carbocycles. The Hall–Kier alpha value is -2.50. The first-order valence-electron chi connectivity index (χ1n) is 6.38. The maximum Gasteiger partial charge on any atom is 0.271 e. The number of aryl methyl sites for hydroxylation is 1. The highest BCUT2D eigenvalue weighted by Gasteiger charge is 2.16. The highest BCUT2D eigenvalue weighted by atomic mass is 16.2. The van der Waals surface area contributed by atoms with Gasteiger partial charge in [0.25, 0.3) is 11.5 Å². The molecule has 0 bridgehead atoms. The van der Waals surface area contributed by atoms with E-state index in [2.05, 4.69) is 20.3 Å². The molecule has 0 saturated heterocycles. The molecule has 0 aromatic carbocycles. The summed E-state index contributed by atoms with van der Waals surface area (Å²) in [5, 5.41) is 2.86. The maximum atomic E-state index is 12.1. The Morgan fingerprint density at radius 2 is 2.25 bits per heavy atom. The van der Waals surface area contributed by atoms with Gasteiger partial charge in [-0.2, -0.15) is 0 Å². The molecule has 2 heterocycles. The van der Waals surface area contributed by atoms with Gasteiger partial charge >= 0.3 is 0 Å². The van der Waals surface area contributed by atoms with E-state index in [1.54, 1.807) is 6.20 Å². The minimum absolute atomic E-state index is 0.177. The Morgan fingerprint density at radius 3 is 2.85 bits per heavy atom. The van der Waals surface area contributed by atoms with Crippen LogP contribution in [0.1, 0.15) is 41.1 Å².